The van der Waals surface area contributed by atoms with Crippen LogP contribution in [0, 0.1) is 0 Å². The SMILES string of the molecule is CCCS(=O)(=O)Nc1ccc(Nc2ccc(Cl)cc2Cl)nc1. The Morgan fingerprint density at radius 2 is 1.95 bits per heavy atom. The average molecular weight is 360 g/mol. The van der Waals surface area contributed by atoms with Crippen molar-refractivity contribution in [3.05, 3.63) is 46.6 Å². The lowest BCUT2D eigenvalue weighted by molar-refractivity contribution is 0.600. The molecule has 1 aromatic carbocycles. The zero-order chi connectivity index (χ0) is 16.2. The molecule has 22 heavy (non-hydrogen) atoms. The molecule has 0 aliphatic rings. The van der Waals surface area contributed by atoms with Crippen LogP contribution in [0.5, 0.6) is 0 Å². The van der Waals surface area contributed by atoms with Gasteiger partial charge in [0.1, 0.15) is 5.82 Å². The second kappa shape index (κ2) is 7.17. The van der Waals surface area contributed by atoms with E-state index in [1.807, 2.05) is 0 Å². The predicted octanol–water partition coefficient (Wildman–Crippen LogP) is 4.28. The van der Waals surface area contributed by atoms with Gasteiger partial charge in [-0.05, 0) is 36.8 Å². The van der Waals surface area contributed by atoms with Gasteiger partial charge >= 0.3 is 0 Å². The standard InChI is InChI=1S/C14H15Cl2N3O2S/c1-2-7-22(20,21)19-11-4-6-14(17-9-11)18-13-5-3-10(15)8-12(13)16/h3-6,8-9,19H,2,7H2,1H3,(H,17,18). The van der Waals surface area contributed by atoms with Gasteiger partial charge in [0, 0.05) is 5.02 Å². The summed E-state index contributed by atoms with van der Waals surface area (Å²) in [6, 6.07) is 8.37. The van der Waals surface area contributed by atoms with Crippen LogP contribution in [-0.4, -0.2) is 19.2 Å². The molecule has 0 spiro atoms. The number of sulfonamides is 1. The summed E-state index contributed by atoms with van der Waals surface area (Å²) in [5, 5.41) is 4.06. The molecule has 2 aromatic rings. The molecule has 0 saturated heterocycles. The van der Waals surface area contributed by atoms with Crippen LogP contribution in [0.25, 0.3) is 0 Å². The Bertz CT molecular complexity index is 749. The average Bonchev–Trinajstić information content (AvgIpc) is 2.43. The number of nitrogens with one attached hydrogen (secondary N) is 2. The lowest BCUT2D eigenvalue weighted by Crippen LogP contribution is -2.16. The Balaban J connectivity index is 2.09. The van der Waals surface area contributed by atoms with Crippen molar-refractivity contribution in [3.63, 3.8) is 0 Å². The molecule has 0 aliphatic carbocycles. The Morgan fingerprint density at radius 1 is 1.18 bits per heavy atom. The van der Waals surface area contributed by atoms with Crippen LogP contribution in [0.2, 0.25) is 10.0 Å². The van der Waals surface area contributed by atoms with E-state index in [2.05, 4.69) is 15.0 Å². The van der Waals surface area contributed by atoms with E-state index in [0.717, 1.165) is 0 Å². The summed E-state index contributed by atoms with van der Waals surface area (Å²) in [4.78, 5) is 4.15. The van der Waals surface area contributed by atoms with E-state index in [9.17, 15) is 8.42 Å². The minimum absolute atomic E-state index is 0.0768. The molecular weight excluding hydrogens is 345 g/mol. The first-order valence-electron chi connectivity index (χ1n) is 6.58. The topological polar surface area (TPSA) is 71.1 Å². The van der Waals surface area contributed by atoms with Gasteiger partial charge in [0.15, 0.2) is 0 Å². The molecule has 0 atom stereocenters. The van der Waals surface area contributed by atoms with Crippen LogP contribution in [0.15, 0.2) is 36.5 Å². The largest absolute Gasteiger partial charge is 0.339 e. The maximum Gasteiger partial charge on any atom is 0.232 e. The summed E-state index contributed by atoms with van der Waals surface area (Å²) >= 11 is 11.9. The molecule has 0 radical (unpaired) electrons. The zero-order valence-corrected chi connectivity index (χ0v) is 14.1. The third kappa shape index (κ3) is 4.76. The van der Waals surface area contributed by atoms with Crippen molar-refractivity contribution < 1.29 is 8.42 Å². The third-order valence-corrected chi connectivity index (χ3v) is 4.74. The van der Waals surface area contributed by atoms with Gasteiger partial charge in [-0.2, -0.15) is 0 Å². The highest BCUT2D eigenvalue weighted by atomic mass is 35.5. The highest BCUT2D eigenvalue weighted by Crippen LogP contribution is 2.27. The second-order valence-corrected chi connectivity index (χ2v) is 7.29. The van der Waals surface area contributed by atoms with Gasteiger partial charge in [-0.15, -0.1) is 0 Å². The highest BCUT2D eigenvalue weighted by Gasteiger charge is 2.09. The molecule has 5 nitrogen and oxygen atoms in total. The number of nitrogens with zero attached hydrogens (tertiary/aromatic N) is 1. The van der Waals surface area contributed by atoms with Crippen molar-refractivity contribution in [2.75, 3.05) is 15.8 Å². The van der Waals surface area contributed by atoms with Crippen molar-refractivity contribution in [3.8, 4) is 0 Å². The van der Waals surface area contributed by atoms with Crippen LogP contribution in [0.4, 0.5) is 17.2 Å². The molecule has 8 heteroatoms. The third-order valence-electron chi connectivity index (χ3n) is 2.70. The summed E-state index contributed by atoms with van der Waals surface area (Å²) in [7, 11) is -3.31. The molecule has 118 valence electrons. The van der Waals surface area contributed by atoms with Gasteiger partial charge in [-0.3, -0.25) is 4.72 Å². The first kappa shape index (κ1) is 16.9. The lowest BCUT2D eigenvalue weighted by Gasteiger charge is -2.10. The molecule has 2 rings (SSSR count). The van der Waals surface area contributed by atoms with E-state index in [1.165, 1.54) is 6.20 Å². The molecular formula is C14H15Cl2N3O2S. The summed E-state index contributed by atoms with van der Waals surface area (Å²) in [5.74, 6) is 0.621. The number of pyridine rings is 1. The Labute approximate surface area is 139 Å². The number of rotatable bonds is 6. The minimum Gasteiger partial charge on any atom is -0.339 e. The number of hydrogen-bond acceptors (Lipinski definition) is 4. The van der Waals surface area contributed by atoms with Gasteiger partial charge in [0.05, 0.1) is 28.3 Å². The van der Waals surface area contributed by atoms with E-state index in [4.69, 9.17) is 23.2 Å². The van der Waals surface area contributed by atoms with Crippen molar-refractivity contribution in [2.24, 2.45) is 0 Å². The molecule has 1 heterocycles. The van der Waals surface area contributed by atoms with Gasteiger partial charge < -0.3 is 5.32 Å². The predicted molar refractivity (Wildman–Crippen MR) is 91.7 cm³/mol. The first-order valence-corrected chi connectivity index (χ1v) is 8.99. The normalized spacial score (nSPS) is 11.2. The molecule has 1 aromatic heterocycles. The maximum atomic E-state index is 11.7. The number of benzene rings is 1. The monoisotopic (exact) mass is 359 g/mol. The van der Waals surface area contributed by atoms with Crippen LogP contribution < -0.4 is 10.0 Å². The van der Waals surface area contributed by atoms with Gasteiger partial charge in [-0.25, -0.2) is 13.4 Å². The van der Waals surface area contributed by atoms with Crippen LogP contribution >= 0.6 is 23.2 Å². The minimum atomic E-state index is -3.31. The summed E-state index contributed by atoms with van der Waals surface area (Å²) < 4.78 is 25.8. The fourth-order valence-electron chi connectivity index (χ4n) is 1.76. The summed E-state index contributed by atoms with van der Waals surface area (Å²) in [6.07, 6.45) is 2.00. The van der Waals surface area contributed by atoms with Crippen LogP contribution in [0.1, 0.15) is 13.3 Å². The first-order chi connectivity index (χ1) is 10.4. The number of anilines is 3. The van der Waals surface area contributed by atoms with E-state index in [1.54, 1.807) is 37.3 Å². The molecule has 0 aliphatic heterocycles. The summed E-state index contributed by atoms with van der Waals surface area (Å²) in [5.41, 5.74) is 1.08. The fourth-order valence-corrected chi connectivity index (χ4v) is 3.33. The lowest BCUT2D eigenvalue weighted by atomic mass is 10.3. The van der Waals surface area contributed by atoms with Gasteiger partial charge in [0.2, 0.25) is 10.0 Å². The molecule has 0 fully saturated rings. The molecule has 0 unspecified atom stereocenters. The smallest absolute Gasteiger partial charge is 0.232 e. The second-order valence-electron chi connectivity index (χ2n) is 4.60. The summed E-state index contributed by atoms with van der Waals surface area (Å²) in [6.45, 7) is 1.81. The van der Waals surface area contributed by atoms with Gasteiger partial charge in [-0.1, -0.05) is 30.1 Å². The molecule has 0 amide bonds. The molecule has 2 N–H and O–H groups in total. The van der Waals surface area contributed by atoms with E-state index in [0.29, 0.717) is 33.7 Å². The zero-order valence-electron chi connectivity index (χ0n) is 11.8. The fraction of sp³-hybridized carbons (Fsp3) is 0.214. The van der Waals surface area contributed by atoms with Crippen LogP contribution in [-0.2, 0) is 10.0 Å². The highest BCUT2D eigenvalue weighted by molar-refractivity contribution is 7.92. The van der Waals surface area contributed by atoms with Crippen LogP contribution in [0.3, 0.4) is 0 Å². The maximum absolute atomic E-state index is 11.7. The Morgan fingerprint density at radius 3 is 2.55 bits per heavy atom. The number of hydrogen-bond donors (Lipinski definition) is 2. The van der Waals surface area contributed by atoms with Crippen molar-refractivity contribution in [1.82, 2.24) is 4.98 Å². The number of halogens is 2. The van der Waals surface area contributed by atoms with E-state index in [-0.39, 0.29) is 5.75 Å². The number of aromatic nitrogens is 1. The van der Waals surface area contributed by atoms with E-state index >= 15 is 0 Å². The van der Waals surface area contributed by atoms with Gasteiger partial charge in [0.25, 0.3) is 0 Å². The Hall–Kier alpha value is -1.50. The van der Waals surface area contributed by atoms with E-state index < -0.39 is 10.0 Å². The molecule has 0 saturated carbocycles. The molecule has 0 bridgehead atoms. The van der Waals surface area contributed by atoms with Crippen molar-refractivity contribution in [1.29, 1.82) is 0 Å². The quantitative estimate of drug-likeness (QED) is 0.807. The van der Waals surface area contributed by atoms with Crippen molar-refractivity contribution in [2.45, 2.75) is 13.3 Å². The Kier molecular flexibility index (Phi) is 5.50. The van der Waals surface area contributed by atoms with Crippen molar-refractivity contribution >= 4 is 50.4 Å².